The summed E-state index contributed by atoms with van der Waals surface area (Å²) in [6.07, 6.45) is 1.17. The van der Waals surface area contributed by atoms with E-state index >= 15 is 0 Å². The Hall–Kier alpha value is -2.29. The topological polar surface area (TPSA) is 77.3 Å². The lowest BCUT2D eigenvalue weighted by atomic mass is 10.2. The van der Waals surface area contributed by atoms with E-state index < -0.39 is 11.5 Å². The second-order valence-electron chi connectivity index (χ2n) is 4.14. The van der Waals surface area contributed by atoms with E-state index in [4.69, 9.17) is 0 Å². The van der Waals surface area contributed by atoms with E-state index in [1.807, 2.05) is 0 Å². The number of pyridine rings is 1. The van der Waals surface area contributed by atoms with E-state index in [0.717, 1.165) is 0 Å². The molecule has 0 aliphatic heterocycles. The van der Waals surface area contributed by atoms with Crippen LogP contribution in [0.2, 0.25) is 0 Å². The van der Waals surface area contributed by atoms with Gasteiger partial charge in [0, 0.05) is 10.5 Å². The van der Waals surface area contributed by atoms with Crippen LogP contribution in [0, 0.1) is 10.1 Å². The third kappa shape index (κ3) is 4.35. The van der Waals surface area contributed by atoms with Crippen molar-refractivity contribution in [3.8, 4) is 5.75 Å². The van der Waals surface area contributed by atoms with E-state index in [0.29, 0.717) is 15.9 Å². The molecule has 0 aliphatic rings. The summed E-state index contributed by atoms with van der Waals surface area (Å²) in [6.45, 7) is -2.70. The van der Waals surface area contributed by atoms with Crippen LogP contribution in [0.25, 0.3) is 0 Å². The highest BCUT2D eigenvalue weighted by Crippen LogP contribution is 2.28. The van der Waals surface area contributed by atoms with E-state index in [9.17, 15) is 18.9 Å². The number of hydrogen-bond acceptors (Lipinski definition) is 5. The first kappa shape index (κ1) is 16.1. The van der Waals surface area contributed by atoms with Crippen LogP contribution < -0.4 is 10.1 Å². The van der Waals surface area contributed by atoms with Crippen molar-refractivity contribution in [1.82, 2.24) is 4.98 Å². The molecule has 0 aliphatic carbocycles. The maximum absolute atomic E-state index is 12.0. The molecule has 2 rings (SSSR count). The molecule has 0 fully saturated rings. The number of nitrogens with zero attached hydrogens (tertiary/aromatic N) is 2. The molecule has 2 aromatic rings. The first-order valence-corrected chi connectivity index (χ1v) is 6.82. The number of anilines is 1. The minimum Gasteiger partial charge on any atom is -0.433 e. The molecule has 0 saturated carbocycles. The van der Waals surface area contributed by atoms with Gasteiger partial charge in [0.1, 0.15) is 11.4 Å². The van der Waals surface area contributed by atoms with Gasteiger partial charge in [-0.1, -0.05) is 15.9 Å². The van der Waals surface area contributed by atoms with Crippen LogP contribution in [0.5, 0.6) is 5.75 Å². The fourth-order valence-electron chi connectivity index (χ4n) is 1.68. The van der Waals surface area contributed by atoms with Crippen molar-refractivity contribution >= 4 is 27.3 Å². The molecule has 1 heterocycles. The number of nitro benzene ring substituents is 1. The Morgan fingerprint density at radius 1 is 1.36 bits per heavy atom. The highest BCUT2D eigenvalue weighted by molar-refractivity contribution is 9.10. The van der Waals surface area contributed by atoms with Gasteiger partial charge in [-0.05, 0) is 24.3 Å². The maximum atomic E-state index is 12.0. The van der Waals surface area contributed by atoms with Gasteiger partial charge in [0.25, 0.3) is 5.69 Å². The summed E-state index contributed by atoms with van der Waals surface area (Å²) in [6, 6.07) is 7.47. The summed E-state index contributed by atoms with van der Waals surface area (Å²) in [5.74, 6) is -0.0478. The lowest BCUT2D eigenvalue weighted by molar-refractivity contribution is -0.384. The number of hydrogen-bond donors (Lipinski definition) is 1. The second-order valence-corrected chi connectivity index (χ2v) is 5.05. The molecule has 0 saturated heterocycles. The van der Waals surface area contributed by atoms with Gasteiger partial charge >= 0.3 is 6.61 Å². The van der Waals surface area contributed by atoms with Crippen LogP contribution >= 0.6 is 15.9 Å². The summed E-state index contributed by atoms with van der Waals surface area (Å²) in [4.78, 5) is 14.4. The highest BCUT2D eigenvalue weighted by atomic mass is 79.9. The molecular formula is C13H10BrF2N3O3. The quantitative estimate of drug-likeness (QED) is 0.612. The van der Waals surface area contributed by atoms with Gasteiger partial charge < -0.3 is 10.1 Å². The molecule has 0 radical (unpaired) electrons. The van der Waals surface area contributed by atoms with Gasteiger partial charge in [-0.2, -0.15) is 8.78 Å². The van der Waals surface area contributed by atoms with Crippen LogP contribution in [0.3, 0.4) is 0 Å². The van der Waals surface area contributed by atoms with Crippen molar-refractivity contribution in [2.75, 3.05) is 5.32 Å². The summed E-state index contributed by atoms with van der Waals surface area (Å²) in [5, 5.41) is 13.9. The molecule has 9 heteroatoms. The molecule has 0 spiro atoms. The SMILES string of the molecule is O=[N+]([O-])c1cc(Br)ccc1NCc1ccc(OC(F)F)cn1. The summed E-state index contributed by atoms with van der Waals surface area (Å²) < 4.78 is 28.8. The predicted molar refractivity (Wildman–Crippen MR) is 79.0 cm³/mol. The van der Waals surface area contributed by atoms with Crippen molar-refractivity contribution < 1.29 is 18.4 Å². The summed E-state index contributed by atoms with van der Waals surface area (Å²) in [5.41, 5.74) is 0.786. The average molecular weight is 374 g/mol. The maximum Gasteiger partial charge on any atom is 0.387 e. The van der Waals surface area contributed by atoms with Crippen molar-refractivity contribution in [2.24, 2.45) is 0 Å². The number of nitrogens with one attached hydrogen (secondary N) is 1. The lowest BCUT2D eigenvalue weighted by Crippen LogP contribution is -2.05. The Bertz CT molecular complexity index is 668. The molecule has 0 bridgehead atoms. The largest absolute Gasteiger partial charge is 0.433 e. The average Bonchev–Trinajstić information content (AvgIpc) is 2.46. The fourth-order valence-corrected chi connectivity index (χ4v) is 2.03. The molecule has 1 N–H and O–H groups in total. The zero-order chi connectivity index (χ0) is 16.1. The number of aromatic nitrogens is 1. The molecule has 1 aromatic heterocycles. The first-order chi connectivity index (χ1) is 10.5. The smallest absolute Gasteiger partial charge is 0.387 e. The van der Waals surface area contributed by atoms with Crippen LogP contribution in [0.15, 0.2) is 41.0 Å². The van der Waals surface area contributed by atoms with Crippen molar-refractivity contribution in [3.63, 3.8) is 0 Å². The van der Waals surface area contributed by atoms with Gasteiger partial charge in [-0.15, -0.1) is 0 Å². The second kappa shape index (κ2) is 7.12. The van der Waals surface area contributed by atoms with Gasteiger partial charge in [0.2, 0.25) is 0 Å². The Kier molecular flexibility index (Phi) is 5.21. The van der Waals surface area contributed by atoms with Crippen LogP contribution in [-0.4, -0.2) is 16.5 Å². The standard InChI is InChI=1S/C13H10BrF2N3O3/c14-8-1-4-11(12(5-8)19(20)21)18-6-9-2-3-10(7-17-9)22-13(15)16/h1-5,7,13,18H,6H2. The van der Waals surface area contributed by atoms with Crippen molar-refractivity contribution in [1.29, 1.82) is 0 Å². The lowest BCUT2D eigenvalue weighted by Gasteiger charge is -2.08. The zero-order valence-electron chi connectivity index (χ0n) is 11.0. The Morgan fingerprint density at radius 3 is 2.73 bits per heavy atom. The van der Waals surface area contributed by atoms with Crippen molar-refractivity contribution in [3.05, 3.63) is 56.8 Å². The van der Waals surface area contributed by atoms with E-state index in [-0.39, 0.29) is 18.0 Å². The number of benzene rings is 1. The number of halogens is 3. The molecular weight excluding hydrogens is 364 g/mol. The van der Waals surface area contributed by atoms with Gasteiger partial charge in [0.05, 0.1) is 23.4 Å². The fraction of sp³-hybridized carbons (Fsp3) is 0.154. The number of ether oxygens (including phenoxy) is 1. The van der Waals surface area contributed by atoms with Crippen LogP contribution in [0.4, 0.5) is 20.2 Å². The molecule has 22 heavy (non-hydrogen) atoms. The molecule has 116 valence electrons. The van der Waals surface area contributed by atoms with E-state index in [1.165, 1.54) is 24.4 Å². The van der Waals surface area contributed by atoms with E-state index in [1.54, 1.807) is 12.1 Å². The third-order valence-corrected chi connectivity index (χ3v) is 3.13. The summed E-state index contributed by atoms with van der Waals surface area (Å²) in [7, 11) is 0. The predicted octanol–water partition coefficient (Wildman–Crippen LogP) is 3.97. The Morgan fingerprint density at radius 2 is 2.14 bits per heavy atom. The highest BCUT2D eigenvalue weighted by Gasteiger charge is 2.14. The number of nitro groups is 1. The Labute approximate surface area is 132 Å². The van der Waals surface area contributed by atoms with Gasteiger partial charge in [0.15, 0.2) is 0 Å². The molecule has 0 amide bonds. The van der Waals surface area contributed by atoms with Gasteiger partial charge in [-0.25, -0.2) is 0 Å². The molecule has 1 aromatic carbocycles. The monoisotopic (exact) mass is 373 g/mol. The molecule has 6 nitrogen and oxygen atoms in total. The minimum absolute atomic E-state index is 0.0478. The van der Waals surface area contributed by atoms with Crippen molar-refractivity contribution in [2.45, 2.75) is 13.2 Å². The Balaban J connectivity index is 2.05. The van der Waals surface area contributed by atoms with E-state index in [2.05, 4.69) is 31.0 Å². The summed E-state index contributed by atoms with van der Waals surface area (Å²) >= 11 is 3.17. The normalized spacial score (nSPS) is 10.5. The molecule has 0 unspecified atom stereocenters. The zero-order valence-corrected chi connectivity index (χ0v) is 12.6. The molecule has 0 atom stereocenters. The van der Waals surface area contributed by atoms with Crippen LogP contribution in [-0.2, 0) is 6.54 Å². The minimum atomic E-state index is -2.91. The number of alkyl halides is 2. The number of rotatable bonds is 6. The first-order valence-electron chi connectivity index (χ1n) is 6.03. The third-order valence-electron chi connectivity index (χ3n) is 2.64. The van der Waals surface area contributed by atoms with Crippen LogP contribution in [0.1, 0.15) is 5.69 Å². The van der Waals surface area contributed by atoms with Gasteiger partial charge in [-0.3, -0.25) is 15.1 Å².